The number of pyridine rings is 1. The van der Waals surface area contributed by atoms with E-state index in [-0.39, 0.29) is 6.10 Å². The van der Waals surface area contributed by atoms with Crippen LogP contribution in [0.1, 0.15) is 31.4 Å². The lowest BCUT2D eigenvalue weighted by atomic mass is 10.0. The van der Waals surface area contributed by atoms with E-state index in [4.69, 9.17) is 4.74 Å². The first kappa shape index (κ1) is 13.0. The fourth-order valence-electron chi connectivity index (χ4n) is 1.97. The van der Waals surface area contributed by atoms with Gasteiger partial charge < -0.3 is 9.84 Å². The van der Waals surface area contributed by atoms with Gasteiger partial charge in [-0.3, -0.25) is 4.98 Å². The van der Waals surface area contributed by atoms with Crippen molar-refractivity contribution in [2.24, 2.45) is 0 Å². The number of rotatable bonds is 5. The summed E-state index contributed by atoms with van der Waals surface area (Å²) in [5.74, 6) is 0. The van der Waals surface area contributed by atoms with Gasteiger partial charge in [0.25, 0.3) is 0 Å². The number of hydrogen-bond acceptors (Lipinski definition) is 3. The summed E-state index contributed by atoms with van der Waals surface area (Å²) in [6.45, 7) is 2.01. The molecule has 0 aliphatic carbocycles. The second kappa shape index (κ2) is 5.94. The Morgan fingerprint density at radius 1 is 1.28 bits per heavy atom. The maximum absolute atomic E-state index is 10.1. The summed E-state index contributed by atoms with van der Waals surface area (Å²) in [5, 5.41) is 11.2. The highest BCUT2D eigenvalue weighted by molar-refractivity contribution is 5.78. The van der Waals surface area contributed by atoms with E-state index in [2.05, 4.69) is 4.98 Å². The van der Waals surface area contributed by atoms with E-state index in [1.807, 2.05) is 37.3 Å². The van der Waals surface area contributed by atoms with Gasteiger partial charge in [-0.25, -0.2) is 0 Å². The van der Waals surface area contributed by atoms with Crippen LogP contribution in [0.3, 0.4) is 0 Å². The van der Waals surface area contributed by atoms with Gasteiger partial charge in [0.05, 0.1) is 17.7 Å². The van der Waals surface area contributed by atoms with E-state index >= 15 is 0 Å². The Morgan fingerprint density at radius 3 is 2.89 bits per heavy atom. The van der Waals surface area contributed by atoms with E-state index in [9.17, 15) is 5.11 Å². The average molecular weight is 245 g/mol. The molecular weight excluding hydrogens is 226 g/mol. The van der Waals surface area contributed by atoms with Gasteiger partial charge in [0.2, 0.25) is 0 Å². The third kappa shape index (κ3) is 3.06. The van der Waals surface area contributed by atoms with Crippen LogP contribution < -0.4 is 0 Å². The minimum absolute atomic E-state index is 0.179. The summed E-state index contributed by atoms with van der Waals surface area (Å²) >= 11 is 0. The second-order valence-corrected chi connectivity index (χ2v) is 4.60. The third-order valence-corrected chi connectivity index (χ3v) is 3.26. The van der Waals surface area contributed by atoms with Crippen molar-refractivity contribution in [1.29, 1.82) is 0 Å². The molecule has 18 heavy (non-hydrogen) atoms. The molecule has 2 aromatic rings. The van der Waals surface area contributed by atoms with Gasteiger partial charge in [-0.2, -0.15) is 0 Å². The van der Waals surface area contributed by atoms with Gasteiger partial charge >= 0.3 is 0 Å². The smallest absolute Gasteiger partial charge is 0.0791 e. The summed E-state index contributed by atoms with van der Waals surface area (Å²) in [7, 11) is 1.69. The molecule has 0 fully saturated rings. The molecule has 1 heterocycles. The van der Waals surface area contributed by atoms with Crippen molar-refractivity contribution < 1.29 is 9.84 Å². The molecule has 1 N–H and O–H groups in total. The zero-order valence-corrected chi connectivity index (χ0v) is 10.8. The zero-order chi connectivity index (χ0) is 13.0. The highest BCUT2D eigenvalue weighted by atomic mass is 16.5. The van der Waals surface area contributed by atoms with E-state index in [0.29, 0.717) is 6.42 Å². The highest BCUT2D eigenvalue weighted by Gasteiger charge is 2.10. The number of methoxy groups -OCH3 is 1. The number of aromatic nitrogens is 1. The number of fused-ring (bicyclic) bond motifs is 1. The fraction of sp³-hybridized carbons (Fsp3) is 0.400. The van der Waals surface area contributed by atoms with Crippen molar-refractivity contribution in [3.63, 3.8) is 0 Å². The maximum atomic E-state index is 10.1. The molecule has 2 unspecified atom stereocenters. The summed E-state index contributed by atoms with van der Waals surface area (Å²) in [6.07, 6.45) is 3.05. The first-order valence-electron chi connectivity index (χ1n) is 6.26. The Morgan fingerprint density at radius 2 is 2.11 bits per heavy atom. The Hall–Kier alpha value is -1.45. The lowest BCUT2D eigenvalue weighted by Crippen LogP contribution is -2.07. The van der Waals surface area contributed by atoms with Crippen LogP contribution in [0, 0.1) is 0 Å². The molecule has 1 aromatic heterocycles. The van der Waals surface area contributed by atoms with Crippen LogP contribution in [-0.4, -0.2) is 23.3 Å². The predicted molar refractivity (Wildman–Crippen MR) is 72.4 cm³/mol. The summed E-state index contributed by atoms with van der Waals surface area (Å²) < 4.78 is 5.18. The van der Waals surface area contributed by atoms with Crippen LogP contribution in [0.25, 0.3) is 10.9 Å². The Labute approximate surface area is 107 Å². The molecule has 2 atom stereocenters. The number of aliphatic hydroxyl groups is 1. The summed E-state index contributed by atoms with van der Waals surface area (Å²) in [5.41, 5.74) is 1.85. The number of nitrogens with zero attached hydrogens (tertiary/aromatic N) is 1. The molecule has 1 aromatic carbocycles. The summed E-state index contributed by atoms with van der Waals surface area (Å²) in [6, 6.07) is 9.86. The fourth-order valence-corrected chi connectivity index (χ4v) is 1.97. The van der Waals surface area contributed by atoms with Crippen LogP contribution in [0.2, 0.25) is 0 Å². The molecule has 0 radical (unpaired) electrons. The molecule has 0 amide bonds. The molecule has 3 heteroatoms. The quantitative estimate of drug-likeness (QED) is 0.880. The normalized spacial score (nSPS) is 14.6. The van der Waals surface area contributed by atoms with Crippen LogP contribution >= 0.6 is 0 Å². The van der Waals surface area contributed by atoms with Crippen molar-refractivity contribution >= 4 is 10.9 Å². The number of ether oxygens (including phenoxy) is 1. The largest absolute Gasteiger partial charge is 0.388 e. The second-order valence-electron chi connectivity index (χ2n) is 4.60. The molecule has 0 aliphatic heterocycles. The number of benzene rings is 1. The molecule has 0 bridgehead atoms. The van der Waals surface area contributed by atoms with Crippen molar-refractivity contribution in [3.05, 3.63) is 42.1 Å². The zero-order valence-electron chi connectivity index (χ0n) is 10.8. The monoisotopic (exact) mass is 245 g/mol. The minimum atomic E-state index is -0.450. The highest BCUT2D eigenvalue weighted by Crippen LogP contribution is 2.23. The van der Waals surface area contributed by atoms with Crippen molar-refractivity contribution in [1.82, 2.24) is 4.98 Å². The minimum Gasteiger partial charge on any atom is -0.388 e. The first-order chi connectivity index (χ1) is 8.70. The number of hydrogen-bond donors (Lipinski definition) is 1. The topological polar surface area (TPSA) is 42.4 Å². The number of aliphatic hydroxyl groups excluding tert-OH is 1. The predicted octanol–water partition coefficient (Wildman–Crippen LogP) is 3.08. The van der Waals surface area contributed by atoms with Crippen LogP contribution in [0.4, 0.5) is 0 Å². The molecule has 3 nitrogen and oxygen atoms in total. The molecule has 0 spiro atoms. The van der Waals surface area contributed by atoms with Crippen molar-refractivity contribution in [2.75, 3.05) is 7.11 Å². The van der Waals surface area contributed by atoms with Gasteiger partial charge in [-0.15, -0.1) is 0 Å². The van der Waals surface area contributed by atoms with E-state index < -0.39 is 6.10 Å². The average Bonchev–Trinajstić information content (AvgIpc) is 2.43. The van der Waals surface area contributed by atoms with E-state index in [1.54, 1.807) is 13.3 Å². The van der Waals surface area contributed by atoms with E-state index in [0.717, 1.165) is 22.9 Å². The standard InChI is InChI=1S/C15H19NO2/c1-11(18-2)5-8-15(17)13-7-6-12-4-3-9-16-14(12)10-13/h3-4,6-7,9-11,15,17H,5,8H2,1-2H3. The Kier molecular flexibility index (Phi) is 4.28. The van der Waals surface area contributed by atoms with Crippen molar-refractivity contribution in [3.8, 4) is 0 Å². The van der Waals surface area contributed by atoms with Crippen LogP contribution in [0.15, 0.2) is 36.5 Å². The van der Waals surface area contributed by atoms with Gasteiger partial charge in [0.1, 0.15) is 0 Å². The van der Waals surface area contributed by atoms with Gasteiger partial charge in [0.15, 0.2) is 0 Å². The van der Waals surface area contributed by atoms with Gasteiger partial charge in [-0.05, 0) is 37.5 Å². The first-order valence-corrected chi connectivity index (χ1v) is 6.26. The molecule has 0 aliphatic rings. The molecule has 2 rings (SSSR count). The lowest BCUT2D eigenvalue weighted by molar-refractivity contribution is 0.0851. The lowest BCUT2D eigenvalue weighted by Gasteiger charge is -2.14. The van der Waals surface area contributed by atoms with Gasteiger partial charge in [0, 0.05) is 18.7 Å². The van der Waals surface area contributed by atoms with Crippen LogP contribution in [0.5, 0.6) is 0 Å². The molecule has 0 saturated heterocycles. The SMILES string of the molecule is COC(C)CCC(O)c1ccc2cccnc2c1. The molecule has 96 valence electrons. The van der Waals surface area contributed by atoms with Gasteiger partial charge in [-0.1, -0.05) is 18.2 Å². The Bertz CT molecular complexity index is 513. The maximum Gasteiger partial charge on any atom is 0.0791 e. The van der Waals surface area contributed by atoms with E-state index in [1.165, 1.54) is 0 Å². The van der Waals surface area contributed by atoms with Crippen LogP contribution in [-0.2, 0) is 4.74 Å². The molecular formula is C15H19NO2. The van der Waals surface area contributed by atoms with Crippen molar-refractivity contribution in [2.45, 2.75) is 32.0 Å². The summed E-state index contributed by atoms with van der Waals surface area (Å²) in [4.78, 5) is 4.30. The molecule has 0 saturated carbocycles. The Balaban J connectivity index is 2.10. The third-order valence-electron chi connectivity index (χ3n) is 3.26.